The first-order valence-corrected chi connectivity index (χ1v) is 5.76. The van der Waals surface area contributed by atoms with Crippen molar-refractivity contribution in [2.75, 3.05) is 20.1 Å². The van der Waals surface area contributed by atoms with Crippen LogP contribution in [0.25, 0.3) is 0 Å². The van der Waals surface area contributed by atoms with Crippen LogP contribution in [0.5, 0.6) is 0 Å². The number of nitrogens with zero attached hydrogens (tertiary/aromatic N) is 1. The van der Waals surface area contributed by atoms with E-state index in [4.69, 9.17) is 0 Å². The van der Waals surface area contributed by atoms with E-state index in [1.807, 2.05) is 18.9 Å². The first-order valence-electron chi connectivity index (χ1n) is 4.21. The molecule has 1 fully saturated rings. The van der Waals surface area contributed by atoms with Gasteiger partial charge in [-0.3, -0.25) is 0 Å². The highest BCUT2D eigenvalue weighted by Crippen LogP contribution is 2.30. The second-order valence-electron chi connectivity index (χ2n) is 4.22. The first kappa shape index (κ1) is 9.99. The molecule has 12 heavy (non-hydrogen) atoms. The van der Waals surface area contributed by atoms with Crippen LogP contribution in [0.3, 0.4) is 0 Å². The van der Waals surface area contributed by atoms with Crippen LogP contribution in [0.4, 0.5) is 0 Å². The molecule has 1 aliphatic heterocycles. The zero-order valence-electron chi connectivity index (χ0n) is 8.16. The molecule has 0 amide bonds. The first-order chi connectivity index (χ1) is 5.29. The average molecular weight is 191 g/mol. The van der Waals surface area contributed by atoms with Gasteiger partial charge in [-0.05, 0) is 27.8 Å². The smallest absolute Gasteiger partial charge is 0.160 e. The molecule has 1 saturated heterocycles. The summed E-state index contributed by atoms with van der Waals surface area (Å²) in [4.78, 5) is 2.03. The van der Waals surface area contributed by atoms with Crippen LogP contribution >= 0.6 is 0 Å². The van der Waals surface area contributed by atoms with Crippen LogP contribution < -0.4 is 0 Å². The van der Waals surface area contributed by atoms with Gasteiger partial charge in [-0.25, -0.2) is 8.42 Å². The normalized spacial score (nSPS) is 24.1. The summed E-state index contributed by atoms with van der Waals surface area (Å²) < 4.78 is 23.0. The van der Waals surface area contributed by atoms with Gasteiger partial charge in [0.25, 0.3) is 0 Å². The number of hydrogen-bond donors (Lipinski definition) is 0. The fraction of sp³-hybridized carbons (Fsp3) is 1.00. The molecular formula is C8H17NO2S. The third-order valence-electron chi connectivity index (χ3n) is 2.52. The zero-order valence-corrected chi connectivity index (χ0v) is 8.98. The minimum Gasteiger partial charge on any atom is -0.303 e. The molecule has 4 heteroatoms. The Bertz CT molecular complexity index is 263. The standard InChI is InChI=1S/C8H17NO2S/c1-7(2)12(10,11)8(3)5-9(4)6-8/h7H,5-6H2,1-4H3. The van der Waals surface area contributed by atoms with E-state index in [0.29, 0.717) is 13.1 Å². The van der Waals surface area contributed by atoms with E-state index in [2.05, 4.69) is 0 Å². The Balaban J connectivity index is 2.84. The lowest BCUT2D eigenvalue weighted by molar-refractivity contribution is 0.167. The maximum Gasteiger partial charge on any atom is 0.160 e. The fourth-order valence-corrected chi connectivity index (χ4v) is 3.78. The van der Waals surface area contributed by atoms with E-state index in [1.165, 1.54) is 0 Å². The number of hydrogen-bond acceptors (Lipinski definition) is 3. The third kappa shape index (κ3) is 1.27. The van der Waals surface area contributed by atoms with Crippen molar-refractivity contribution in [3.05, 3.63) is 0 Å². The predicted octanol–water partition coefficient (Wildman–Crippen LogP) is 0.514. The van der Waals surface area contributed by atoms with E-state index in [9.17, 15) is 8.42 Å². The Labute approximate surface area is 74.7 Å². The van der Waals surface area contributed by atoms with Gasteiger partial charge in [0.2, 0.25) is 0 Å². The van der Waals surface area contributed by atoms with Crippen molar-refractivity contribution in [1.29, 1.82) is 0 Å². The van der Waals surface area contributed by atoms with Crippen molar-refractivity contribution >= 4 is 9.84 Å². The van der Waals surface area contributed by atoms with Crippen molar-refractivity contribution in [3.8, 4) is 0 Å². The van der Waals surface area contributed by atoms with Crippen molar-refractivity contribution < 1.29 is 8.42 Å². The summed E-state index contributed by atoms with van der Waals surface area (Å²) >= 11 is 0. The summed E-state index contributed by atoms with van der Waals surface area (Å²) in [5.41, 5.74) is 0. The topological polar surface area (TPSA) is 37.4 Å². The van der Waals surface area contributed by atoms with Gasteiger partial charge >= 0.3 is 0 Å². The lowest BCUT2D eigenvalue weighted by atomic mass is 10.0. The van der Waals surface area contributed by atoms with E-state index < -0.39 is 14.6 Å². The molecule has 0 aromatic rings. The summed E-state index contributed by atoms with van der Waals surface area (Å²) in [5, 5.41) is -0.254. The average Bonchev–Trinajstić information content (AvgIpc) is 1.83. The fourth-order valence-electron chi connectivity index (χ4n) is 1.84. The largest absolute Gasteiger partial charge is 0.303 e. The van der Waals surface area contributed by atoms with Gasteiger partial charge in [-0.15, -0.1) is 0 Å². The molecule has 1 aliphatic rings. The second kappa shape index (κ2) is 2.70. The summed E-state index contributed by atoms with van der Waals surface area (Å²) in [6.07, 6.45) is 0. The van der Waals surface area contributed by atoms with E-state index >= 15 is 0 Å². The minimum atomic E-state index is -2.91. The van der Waals surface area contributed by atoms with Crippen molar-refractivity contribution in [1.82, 2.24) is 4.90 Å². The monoisotopic (exact) mass is 191 g/mol. The van der Waals surface area contributed by atoms with Crippen molar-refractivity contribution in [2.24, 2.45) is 0 Å². The summed E-state index contributed by atoms with van der Waals surface area (Å²) in [5.74, 6) is 0. The molecule has 0 aromatic carbocycles. The number of rotatable bonds is 2. The summed E-state index contributed by atoms with van der Waals surface area (Å²) in [7, 11) is -0.972. The molecule has 0 bridgehead atoms. The van der Waals surface area contributed by atoms with Gasteiger partial charge in [0.05, 0.1) is 10.00 Å². The molecule has 0 aromatic heterocycles. The maximum atomic E-state index is 11.8. The lowest BCUT2D eigenvalue weighted by Gasteiger charge is -2.46. The second-order valence-corrected chi connectivity index (χ2v) is 7.23. The Hall–Kier alpha value is -0.0900. The van der Waals surface area contributed by atoms with Gasteiger partial charge < -0.3 is 4.90 Å². The van der Waals surface area contributed by atoms with Crippen LogP contribution in [-0.4, -0.2) is 43.5 Å². The molecule has 0 saturated carbocycles. The van der Waals surface area contributed by atoms with Crippen LogP contribution in [0.2, 0.25) is 0 Å². The van der Waals surface area contributed by atoms with Crippen LogP contribution in [-0.2, 0) is 9.84 Å². The molecule has 1 heterocycles. The molecule has 1 rings (SSSR count). The highest BCUT2D eigenvalue weighted by Gasteiger charge is 2.48. The molecule has 0 spiro atoms. The van der Waals surface area contributed by atoms with E-state index in [-0.39, 0.29) is 5.25 Å². The third-order valence-corrected chi connectivity index (χ3v) is 5.39. The summed E-state index contributed by atoms with van der Waals surface area (Å²) in [6.45, 7) is 6.68. The highest BCUT2D eigenvalue weighted by atomic mass is 32.2. The Kier molecular flexibility index (Phi) is 2.25. The van der Waals surface area contributed by atoms with Crippen LogP contribution in [0.15, 0.2) is 0 Å². The van der Waals surface area contributed by atoms with E-state index in [1.54, 1.807) is 13.8 Å². The van der Waals surface area contributed by atoms with Gasteiger partial charge in [-0.1, -0.05) is 0 Å². The minimum absolute atomic E-state index is 0.254. The number of likely N-dealkylation sites (tertiary alicyclic amines) is 1. The molecule has 0 atom stereocenters. The van der Waals surface area contributed by atoms with Gasteiger partial charge in [0, 0.05) is 13.1 Å². The molecule has 72 valence electrons. The predicted molar refractivity (Wildman–Crippen MR) is 50.0 cm³/mol. The Morgan fingerprint density at radius 3 is 2.00 bits per heavy atom. The Morgan fingerprint density at radius 1 is 1.33 bits per heavy atom. The van der Waals surface area contributed by atoms with Crippen LogP contribution in [0.1, 0.15) is 20.8 Å². The molecule has 0 N–H and O–H groups in total. The molecule has 3 nitrogen and oxygen atoms in total. The molecule has 0 unspecified atom stereocenters. The Morgan fingerprint density at radius 2 is 1.75 bits per heavy atom. The van der Waals surface area contributed by atoms with Crippen molar-refractivity contribution in [2.45, 2.75) is 30.8 Å². The lowest BCUT2D eigenvalue weighted by Crippen LogP contribution is -2.63. The molecule has 0 radical (unpaired) electrons. The van der Waals surface area contributed by atoms with Crippen molar-refractivity contribution in [3.63, 3.8) is 0 Å². The van der Waals surface area contributed by atoms with Gasteiger partial charge in [-0.2, -0.15) is 0 Å². The molecule has 0 aliphatic carbocycles. The summed E-state index contributed by atoms with van der Waals surface area (Å²) in [6, 6.07) is 0. The quantitative estimate of drug-likeness (QED) is 0.638. The maximum absolute atomic E-state index is 11.8. The highest BCUT2D eigenvalue weighted by molar-refractivity contribution is 7.93. The van der Waals surface area contributed by atoms with Gasteiger partial charge in [0.15, 0.2) is 9.84 Å². The van der Waals surface area contributed by atoms with Gasteiger partial charge in [0.1, 0.15) is 0 Å². The van der Waals surface area contributed by atoms with E-state index in [0.717, 1.165) is 0 Å². The SMILES string of the molecule is CC(C)S(=O)(=O)C1(C)CN(C)C1. The van der Waals surface area contributed by atoms with Crippen LogP contribution in [0, 0.1) is 0 Å². The molecular weight excluding hydrogens is 174 g/mol. The zero-order chi connectivity index (χ0) is 9.57. The number of sulfone groups is 1.